The van der Waals surface area contributed by atoms with Gasteiger partial charge in [-0.2, -0.15) is 0 Å². The minimum atomic E-state index is -0.619. The Morgan fingerprint density at radius 3 is 2.93 bits per heavy atom. The van der Waals surface area contributed by atoms with E-state index in [-0.39, 0.29) is 5.41 Å². The summed E-state index contributed by atoms with van der Waals surface area (Å²) in [6.07, 6.45) is 2.64. The molecule has 1 aromatic heterocycles. The number of nitrogens with one attached hydrogen (secondary N) is 1. The zero-order valence-electron chi connectivity index (χ0n) is 8.69. The molecule has 2 nitrogen and oxygen atoms in total. The minimum absolute atomic E-state index is 0.0473. The van der Waals surface area contributed by atoms with Crippen LogP contribution >= 0.6 is 0 Å². The van der Waals surface area contributed by atoms with Crippen LogP contribution in [-0.4, -0.2) is 18.1 Å². The molecule has 1 N–H and O–H groups in total. The lowest BCUT2D eigenvalue weighted by atomic mass is 9.84. The Hall–Kier alpha value is -1.03. The zero-order valence-corrected chi connectivity index (χ0v) is 8.69. The maximum atomic E-state index is 13.4. The van der Waals surface area contributed by atoms with E-state index in [0.717, 1.165) is 31.8 Å². The molecule has 2 heterocycles. The molecule has 1 fully saturated rings. The van der Waals surface area contributed by atoms with Gasteiger partial charge in [0, 0.05) is 12.6 Å². The molecule has 0 spiro atoms. The summed E-state index contributed by atoms with van der Waals surface area (Å²) in [5.41, 5.74) is 0.411. The van der Waals surface area contributed by atoms with E-state index in [1.54, 1.807) is 0 Å². The number of halogens is 2. The molecule has 2 rings (SSSR count). The first kappa shape index (κ1) is 10.5. The molecule has 0 saturated carbocycles. The predicted octanol–water partition coefficient (Wildman–Crippen LogP) is 1.90. The van der Waals surface area contributed by atoms with Crippen LogP contribution in [0, 0.1) is 17.0 Å². The molecule has 1 atom stereocenters. The Morgan fingerprint density at radius 2 is 2.33 bits per heavy atom. The molecule has 1 aromatic rings. The van der Waals surface area contributed by atoms with E-state index in [0.29, 0.717) is 12.1 Å². The monoisotopic (exact) mass is 212 g/mol. The Labute approximate surface area is 87.7 Å². The second kappa shape index (κ2) is 3.85. The third-order valence-corrected chi connectivity index (χ3v) is 2.94. The van der Waals surface area contributed by atoms with Gasteiger partial charge < -0.3 is 5.32 Å². The summed E-state index contributed by atoms with van der Waals surface area (Å²) in [6.45, 7) is 3.92. The lowest BCUT2D eigenvalue weighted by Crippen LogP contribution is -2.23. The molecule has 0 amide bonds. The first-order chi connectivity index (χ1) is 7.09. The quantitative estimate of drug-likeness (QED) is 0.810. The van der Waals surface area contributed by atoms with Gasteiger partial charge in [-0.05, 0) is 24.8 Å². The zero-order chi connectivity index (χ0) is 10.9. The average Bonchev–Trinajstić information content (AvgIpc) is 2.58. The van der Waals surface area contributed by atoms with Gasteiger partial charge in [-0.1, -0.05) is 6.92 Å². The van der Waals surface area contributed by atoms with Crippen LogP contribution in [0.5, 0.6) is 0 Å². The van der Waals surface area contributed by atoms with Crippen molar-refractivity contribution in [2.75, 3.05) is 13.1 Å². The van der Waals surface area contributed by atoms with Gasteiger partial charge in [-0.3, -0.25) is 4.98 Å². The third-order valence-electron chi connectivity index (χ3n) is 2.94. The van der Waals surface area contributed by atoms with Crippen molar-refractivity contribution >= 4 is 0 Å². The van der Waals surface area contributed by atoms with Crippen molar-refractivity contribution in [3.63, 3.8) is 0 Å². The Kier molecular flexibility index (Phi) is 2.69. The molecule has 82 valence electrons. The second-order valence-electron chi connectivity index (χ2n) is 4.50. The van der Waals surface area contributed by atoms with E-state index in [1.165, 1.54) is 0 Å². The molecular weight excluding hydrogens is 198 g/mol. The Bertz CT molecular complexity index is 360. The Balaban J connectivity index is 2.16. The van der Waals surface area contributed by atoms with Crippen LogP contribution in [0.2, 0.25) is 0 Å². The minimum Gasteiger partial charge on any atom is -0.316 e. The molecule has 0 radical (unpaired) electrons. The van der Waals surface area contributed by atoms with Crippen LogP contribution in [0.25, 0.3) is 0 Å². The van der Waals surface area contributed by atoms with Gasteiger partial charge in [-0.15, -0.1) is 0 Å². The average molecular weight is 212 g/mol. The maximum absolute atomic E-state index is 13.4. The van der Waals surface area contributed by atoms with Crippen molar-refractivity contribution < 1.29 is 8.78 Å². The standard InChI is InChI=1S/C11H14F2N2/c1-11(2-3-14-7-11)5-10-9(13)4-8(12)6-15-10/h4,6,14H,2-3,5,7H2,1H3/t11-/m1/s1. The SMILES string of the molecule is C[C@]1(Cc2ncc(F)cc2F)CCNC1. The summed E-state index contributed by atoms with van der Waals surface area (Å²) >= 11 is 0. The molecule has 15 heavy (non-hydrogen) atoms. The summed E-state index contributed by atoms with van der Waals surface area (Å²) in [7, 11) is 0. The fraction of sp³-hybridized carbons (Fsp3) is 0.545. The number of aromatic nitrogens is 1. The van der Waals surface area contributed by atoms with E-state index < -0.39 is 11.6 Å². The van der Waals surface area contributed by atoms with Crippen molar-refractivity contribution in [1.29, 1.82) is 0 Å². The van der Waals surface area contributed by atoms with E-state index in [1.807, 2.05) is 0 Å². The van der Waals surface area contributed by atoms with Crippen molar-refractivity contribution in [2.45, 2.75) is 19.8 Å². The van der Waals surface area contributed by atoms with Crippen LogP contribution in [0.4, 0.5) is 8.78 Å². The highest BCUT2D eigenvalue weighted by Gasteiger charge is 2.30. The van der Waals surface area contributed by atoms with Crippen molar-refractivity contribution in [1.82, 2.24) is 10.3 Å². The highest BCUT2D eigenvalue weighted by atomic mass is 19.1. The number of pyridine rings is 1. The first-order valence-corrected chi connectivity index (χ1v) is 5.10. The van der Waals surface area contributed by atoms with Gasteiger partial charge in [0.2, 0.25) is 0 Å². The lowest BCUT2D eigenvalue weighted by Gasteiger charge is -2.21. The van der Waals surface area contributed by atoms with Crippen LogP contribution in [0.3, 0.4) is 0 Å². The topological polar surface area (TPSA) is 24.9 Å². The van der Waals surface area contributed by atoms with Gasteiger partial charge in [0.05, 0.1) is 11.9 Å². The molecule has 1 aliphatic heterocycles. The number of rotatable bonds is 2. The molecule has 4 heteroatoms. The second-order valence-corrected chi connectivity index (χ2v) is 4.50. The van der Waals surface area contributed by atoms with Gasteiger partial charge in [-0.25, -0.2) is 8.78 Å². The van der Waals surface area contributed by atoms with Crippen LogP contribution in [-0.2, 0) is 6.42 Å². The van der Waals surface area contributed by atoms with E-state index >= 15 is 0 Å². The number of hydrogen-bond donors (Lipinski definition) is 1. The van der Waals surface area contributed by atoms with Crippen LogP contribution in [0.1, 0.15) is 19.0 Å². The molecule has 0 aromatic carbocycles. The van der Waals surface area contributed by atoms with E-state index in [2.05, 4.69) is 17.2 Å². The van der Waals surface area contributed by atoms with Crippen molar-refractivity contribution in [3.05, 3.63) is 29.6 Å². The van der Waals surface area contributed by atoms with Gasteiger partial charge >= 0.3 is 0 Å². The molecule has 0 aliphatic carbocycles. The third kappa shape index (κ3) is 2.31. The fourth-order valence-electron chi connectivity index (χ4n) is 2.00. The number of nitrogens with zero attached hydrogens (tertiary/aromatic N) is 1. The normalized spacial score (nSPS) is 25.8. The molecular formula is C11H14F2N2. The Morgan fingerprint density at radius 1 is 1.53 bits per heavy atom. The predicted molar refractivity (Wildman–Crippen MR) is 53.5 cm³/mol. The fourth-order valence-corrected chi connectivity index (χ4v) is 2.00. The highest BCUT2D eigenvalue weighted by molar-refractivity contribution is 5.11. The van der Waals surface area contributed by atoms with E-state index in [9.17, 15) is 8.78 Å². The molecule has 1 aliphatic rings. The largest absolute Gasteiger partial charge is 0.316 e. The molecule has 0 bridgehead atoms. The van der Waals surface area contributed by atoms with Gasteiger partial charge in [0.25, 0.3) is 0 Å². The summed E-state index contributed by atoms with van der Waals surface area (Å²) in [4.78, 5) is 3.81. The van der Waals surface area contributed by atoms with Gasteiger partial charge in [0.1, 0.15) is 11.6 Å². The smallest absolute Gasteiger partial charge is 0.147 e. The van der Waals surface area contributed by atoms with Crippen LogP contribution < -0.4 is 5.32 Å². The summed E-state index contributed by atoms with van der Waals surface area (Å²) in [5, 5.41) is 3.24. The van der Waals surface area contributed by atoms with Gasteiger partial charge in [0.15, 0.2) is 0 Å². The van der Waals surface area contributed by atoms with E-state index in [4.69, 9.17) is 0 Å². The maximum Gasteiger partial charge on any atom is 0.147 e. The summed E-state index contributed by atoms with van der Waals surface area (Å²) in [6, 6.07) is 0.897. The van der Waals surface area contributed by atoms with Crippen molar-refractivity contribution in [3.8, 4) is 0 Å². The highest BCUT2D eigenvalue weighted by Crippen LogP contribution is 2.29. The van der Waals surface area contributed by atoms with Crippen molar-refractivity contribution in [2.24, 2.45) is 5.41 Å². The first-order valence-electron chi connectivity index (χ1n) is 5.10. The summed E-state index contributed by atoms with van der Waals surface area (Å²) in [5.74, 6) is -1.16. The summed E-state index contributed by atoms with van der Waals surface area (Å²) < 4.78 is 26.0. The molecule has 1 saturated heterocycles. The number of hydrogen-bond acceptors (Lipinski definition) is 2. The lowest BCUT2D eigenvalue weighted by molar-refractivity contribution is 0.350. The van der Waals surface area contributed by atoms with Crippen LogP contribution in [0.15, 0.2) is 12.3 Å². The molecule has 0 unspecified atom stereocenters.